The highest BCUT2D eigenvalue weighted by molar-refractivity contribution is 7.99. The molecule has 0 fully saturated rings. The maximum absolute atomic E-state index is 12.4. The number of fused-ring (bicyclic) bond motifs is 1. The Morgan fingerprint density at radius 3 is 2.89 bits per heavy atom. The number of aromatic nitrogens is 2. The van der Waals surface area contributed by atoms with Gasteiger partial charge in [0.05, 0.1) is 17.2 Å². The fraction of sp³-hybridized carbons (Fsp3) is 0.222. The van der Waals surface area contributed by atoms with E-state index < -0.39 is 0 Å². The van der Waals surface area contributed by atoms with Gasteiger partial charge in [-0.15, -0.1) is 21.5 Å². The third-order valence-corrected chi connectivity index (χ3v) is 5.75. The van der Waals surface area contributed by atoms with Gasteiger partial charge in [-0.2, -0.15) is 0 Å². The van der Waals surface area contributed by atoms with E-state index in [2.05, 4.69) is 15.5 Å². The first-order valence-corrected chi connectivity index (χ1v) is 10.1. The SMILES string of the molecule is CC(=O)NCc1ccc(C(=O)CSc2nnc(-c3ccc4c(c3)OCO4)o2)s1. The van der Waals surface area contributed by atoms with Crippen LogP contribution in [0, 0.1) is 0 Å². The molecule has 144 valence electrons. The van der Waals surface area contributed by atoms with Crippen LogP contribution in [0.3, 0.4) is 0 Å². The Bertz CT molecular complexity index is 1030. The van der Waals surface area contributed by atoms with E-state index in [4.69, 9.17) is 13.9 Å². The molecule has 3 aromatic rings. The van der Waals surface area contributed by atoms with Gasteiger partial charge in [0, 0.05) is 17.4 Å². The normalized spacial score (nSPS) is 12.2. The van der Waals surface area contributed by atoms with Crippen molar-refractivity contribution < 1.29 is 23.5 Å². The van der Waals surface area contributed by atoms with Crippen LogP contribution in [0.15, 0.2) is 40.0 Å². The summed E-state index contributed by atoms with van der Waals surface area (Å²) in [5.41, 5.74) is 0.718. The molecule has 0 radical (unpaired) electrons. The molecule has 1 amide bonds. The van der Waals surface area contributed by atoms with Gasteiger partial charge < -0.3 is 19.2 Å². The van der Waals surface area contributed by atoms with Crippen LogP contribution in [0.2, 0.25) is 0 Å². The summed E-state index contributed by atoms with van der Waals surface area (Å²) >= 11 is 2.54. The highest BCUT2D eigenvalue weighted by Crippen LogP contribution is 2.36. The van der Waals surface area contributed by atoms with Crippen LogP contribution in [-0.2, 0) is 11.3 Å². The van der Waals surface area contributed by atoms with Crippen molar-refractivity contribution in [2.45, 2.75) is 18.7 Å². The molecule has 0 atom stereocenters. The Hall–Kier alpha value is -2.85. The van der Waals surface area contributed by atoms with E-state index in [1.165, 1.54) is 30.0 Å². The Morgan fingerprint density at radius 1 is 1.18 bits per heavy atom. The molecule has 2 aromatic heterocycles. The molecule has 1 aliphatic rings. The molecule has 1 N–H and O–H groups in total. The Kier molecular flexibility index (Phi) is 5.31. The summed E-state index contributed by atoms with van der Waals surface area (Å²) in [6.07, 6.45) is 0. The lowest BCUT2D eigenvalue weighted by Gasteiger charge is -1.98. The molecule has 1 aliphatic heterocycles. The summed E-state index contributed by atoms with van der Waals surface area (Å²) in [7, 11) is 0. The maximum Gasteiger partial charge on any atom is 0.277 e. The minimum atomic E-state index is -0.105. The van der Waals surface area contributed by atoms with Crippen molar-refractivity contribution in [3.8, 4) is 23.0 Å². The molecule has 0 unspecified atom stereocenters. The number of benzene rings is 1. The molecule has 28 heavy (non-hydrogen) atoms. The van der Waals surface area contributed by atoms with Gasteiger partial charge in [0.25, 0.3) is 5.22 Å². The number of amides is 1. The molecule has 0 bridgehead atoms. The average Bonchev–Trinajstić information content (AvgIpc) is 3.44. The lowest BCUT2D eigenvalue weighted by Crippen LogP contribution is -2.18. The van der Waals surface area contributed by atoms with Gasteiger partial charge in [0.15, 0.2) is 17.3 Å². The van der Waals surface area contributed by atoms with Crippen LogP contribution in [-0.4, -0.2) is 34.4 Å². The smallest absolute Gasteiger partial charge is 0.277 e. The van der Waals surface area contributed by atoms with Crippen LogP contribution >= 0.6 is 23.1 Å². The fourth-order valence-electron chi connectivity index (χ4n) is 2.45. The second-order valence-corrected chi connectivity index (χ2v) is 7.92. The number of rotatable bonds is 7. The van der Waals surface area contributed by atoms with E-state index in [-0.39, 0.29) is 24.2 Å². The largest absolute Gasteiger partial charge is 0.454 e. The fourth-order valence-corrected chi connectivity index (χ4v) is 4.07. The number of thiophene rings is 1. The molecular weight excluding hydrogens is 402 g/mol. The first-order valence-electron chi connectivity index (χ1n) is 8.31. The summed E-state index contributed by atoms with van der Waals surface area (Å²) in [5, 5.41) is 11.0. The van der Waals surface area contributed by atoms with Gasteiger partial charge in [-0.25, -0.2) is 0 Å². The van der Waals surface area contributed by atoms with Crippen LogP contribution in [0.5, 0.6) is 11.5 Å². The Balaban J connectivity index is 1.35. The third-order valence-electron chi connectivity index (χ3n) is 3.80. The van der Waals surface area contributed by atoms with Crippen LogP contribution < -0.4 is 14.8 Å². The third kappa shape index (κ3) is 4.18. The lowest BCUT2D eigenvalue weighted by molar-refractivity contribution is -0.119. The van der Waals surface area contributed by atoms with E-state index in [9.17, 15) is 9.59 Å². The van der Waals surface area contributed by atoms with Crippen molar-refractivity contribution in [2.75, 3.05) is 12.5 Å². The maximum atomic E-state index is 12.4. The van der Waals surface area contributed by atoms with Crippen molar-refractivity contribution in [3.05, 3.63) is 40.1 Å². The summed E-state index contributed by atoms with van der Waals surface area (Å²) in [4.78, 5) is 24.9. The molecule has 3 heterocycles. The highest BCUT2D eigenvalue weighted by Gasteiger charge is 2.18. The summed E-state index contributed by atoms with van der Waals surface area (Å²) in [6.45, 7) is 2.07. The van der Waals surface area contributed by atoms with E-state index >= 15 is 0 Å². The highest BCUT2D eigenvalue weighted by atomic mass is 32.2. The minimum Gasteiger partial charge on any atom is -0.454 e. The van der Waals surface area contributed by atoms with E-state index in [1.807, 2.05) is 12.1 Å². The van der Waals surface area contributed by atoms with E-state index in [1.54, 1.807) is 18.2 Å². The number of Topliss-reactive ketones (excluding diaryl/α,β-unsaturated/α-hetero) is 1. The van der Waals surface area contributed by atoms with Crippen LogP contribution in [0.1, 0.15) is 21.5 Å². The molecule has 0 saturated heterocycles. The van der Waals surface area contributed by atoms with Gasteiger partial charge >= 0.3 is 0 Å². The molecule has 0 saturated carbocycles. The number of thioether (sulfide) groups is 1. The Morgan fingerprint density at radius 2 is 2.04 bits per heavy atom. The number of hydrogen-bond acceptors (Lipinski definition) is 9. The number of carbonyl (C=O) groups excluding carboxylic acids is 2. The molecule has 8 nitrogen and oxygen atoms in total. The van der Waals surface area contributed by atoms with Crippen molar-refractivity contribution >= 4 is 34.8 Å². The molecular formula is C18H15N3O5S2. The summed E-state index contributed by atoms with van der Waals surface area (Å²) < 4.78 is 16.3. The lowest BCUT2D eigenvalue weighted by atomic mass is 10.2. The minimum absolute atomic E-state index is 0.0353. The molecule has 0 aliphatic carbocycles. The number of hydrogen-bond donors (Lipinski definition) is 1. The van der Waals surface area contributed by atoms with Gasteiger partial charge in [-0.05, 0) is 30.3 Å². The zero-order valence-corrected chi connectivity index (χ0v) is 16.4. The molecule has 1 aromatic carbocycles. The van der Waals surface area contributed by atoms with Crippen molar-refractivity contribution in [1.29, 1.82) is 0 Å². The van der Waals surface area contributed by atoms with Crippen molar-refractivity contribution in [1.82, 2.24) is 15.5 Å². The van der Waals surface area contributed by atoms with E-state index in [0.29, 0.717) is 34.0 Å². The molecule has 4 rings (SSSR count). The molecule has 10 heteroatoms. The number of nitrogens with one attached hydrogen (secondary N) is 1. The number of ketones is 1. The monoisotopic (exact) mass is 417 g/mol. The zero-order valence-electron chi connectivity index (χ0n) is 14.8. The first-order chi connectivity index (χ1) is 13.6. The van der Waals surface area contributed by atoms with Crippen LogP contribution in [0.4, 0.5) is 0 Å². The van der Waals surface area contributed by atoms with Crippen molar-refractivity contribution in [3.63, 3.8) is 0 Å². The van der Waals surface area contributed by atoms with Gasteiger partial charge in [0.2, 0.25) is 18.6 Å². The topological polar surface area (TPSA) is 104 Å². The number of ether oxygens (including phenoxy) is 2. The van der Waals surface area contributed by atoms with Gasteiger partial charge in [0.1, 0.15) is 0 Å². The second-order valence-electron chi connectivity index (χ2n) is 5.83. The standard InChI is InChI=1S/C18H15N3O5S2/c1-10(22)19-7-12-3-5-16(28-12)13(23)8-27-18-21-20-17(26-18)11-2-4-14-15(6-11)25-9-24-14/h2-6H,7-9H2,1H3,(H,19,22). The Labute approximate surface area is 168 Å². The first kappa shape index (κ1) is 18.5. The molecule has 0 spiro atoms. The van der Waals surface area contributed by atoms with Gasteiger partial charge in [-0.1, -0.05) is 11.8 Å². The van der Waals surface area contributed by atoms with E-state index in [0.717, 1.165) is 10.4 Å². The zero-order chi connectivity index (χ0) is 19.5. The van der Waals surface area contributed by atoms with Crippen molar-refractivity contribution in [2.24, 2.45) is 0 Å². The predicted molar refractivity (Wildman–Crippen MR) is 103 cm³/mol. The number of nitrogens with zero attached hydrogens (tertiary/aromatic N) is 2. The average molecular weight is 417 g/mol. The van der Waals surface area contributed by atoms with Gasteiger partial charge in [-0.3, -0.25) is 9.59 Å². The van der Waals surface area contributed by atoms with Crippen LogP contribution in [0.25, 0.3) is 11.5 Å². The summed E-state index contributed by atoms with van der Waals surface area (Å²) in [5.74, 6) is 1.70. The quantitative estimate of drug-likeness (QED) is 0.462. The summed E-state index contributed by atoms with van der Waals surface area (Å²) in [6, 6.07) is 8.97. The number of carbonyl (C=O) groups is 2. The second kappa shape index (κ2) is 8.03. The predicted octanol–water partition coefficient (Wildman–Crippen LogP) is 3.14.